The Balaban J connectivity index is 0.00000196. The van der Waals surface area contributed by atoms with Crippen molar-refractivity contribution in [3.05, 3.63) is 0 Å². The van der Waals surface area contributed by atoms with E-state index < -0.39 is 5.54 Å². The minimum Gasteiger partial charge on any atom is -0.468 e. The predicted molar refractivity (Wildman–Crippen MR) is 60.0 cm³/mol. The summed E-state index contributed by atoms with van der Waals surface area (Å²) in [6.45, 7) is 0.761. The van der Waals surface area contributed by atoms with Crippen LogP contribution in [-0.4, -0.2) is 32.3 Å². The van der Waals surface area contributed by atoms with E-state index in [0.717, 1.165) is 19.4 Å². The Hall–Kier alpha value is -0.320. The molecule has 4 nitrogen and oxygen atoms in total. The van der Waals surface area contributed by atoms with Gasteiger partial charge in [-0.05, 0) is 31.6 Å². The van der Waals surface area contributed by atoms with E-state index in [0.29, 0.717) is 18.8 Å². The maximum Gasteiger partial charge on any atom is 0.325 e. The van der Waals surface area contributed by atoms with Crippen molar-refractivity contribution in [2.45, 2.75) is 31.2 Å². The lowest BCUT2D eigenvalue weighted by molar-refractivity contribution is -0.148. The molecule has 0 aromatic carbocycles. The zero-order valence-corrected chi connectivity index (χ0v) is 10.1. The molecule has 1 aliphatic rings. The molecule has 5 heteroatoms. The fourth-order valence-electron chi connectivity index (χ4n) is 2.00. The number of halogens is 1. The number of hydrogen-bond donors (Lipinski definition) is 1. The summed E-state index contributed by atoms with van der Waals surface area (Å²) < 4.78 is 9.77. The van der Waals surface area contributed by atoms with Gasteiger partial charge >= 0.3 is 5.97 Å². The number of ether oxygens (including phenoxy) is 2. The van der Waals surface area contributed by atoms with E-state index in [1.165, 1.54) is 7.11 Å². The van der Waals surface area contributed by atoms with Gasteiger partial charge < -0.3 is 15.2 Å². The summed E-state index contributed by atoms with van der Waals surface area (Å²) in [6.07, 6.45) is 3.29. The first-order chi connectivity index (χ1) is 6.62. The van der Waals surface area contributed by atoms with Crippen LogP contribution in [-0.2, 0) is 14.3 Å². The molecule has 1 fully saturated rings. The molecule has 0 amide bonds. The Kier molecular flexibility index (Phi) is 6.17. The molecular formula is C10H20ClNO3. The SMILES string of the molecule is COCC1CCC(N)(C(=O)OC)CC1.Cl. The van der Waals surface area contributed by atoms with Crippen LogP contribution in [0.15, 0.2) is 0 Å². The largest absolute Gasteiger partial charge is 0.468 e. The van der Waals surface area contributed by atoms with Gasteiger partial charge in [0.25, 0.3) is 0 Å². The van der Waals surface area contributed by atoms with Crippen molar-refractivity contribution in [3.63, 3.8) is 0 Å². The highest BCUT2D eigenvalue weighted by Crippen LogP contribution is 2.31. The summed E-state index contributed by atoms with van der Waals surface area (Å²) in [5, 5.41) is 0. The third kappa shape index (κ3) is 3.63. The van der Waals surface area contributed by atoms with E-state index in [2.05, 4.69) is 0 Å². The maximum atomic E-state index is 11.4. The van der Waals surface area contributed by atoms with Gasteiger partial charge in [-0.2, -0.15) is 0 Å². The average Bonchev–Trinajstić information content (AvgIpc) is 2.21. The number of carbonyl (C=O) groups excluding carboxylic acids is 1. The lowest BCUT2D eigenvalue weighted by Gasteiger charge is -2.34. The van der Waals surface area contributed by atoms with Gasteiger partial charge in [0.15, 0.2) is 0 Å². The molecule has 0 bridgehead atoms. The highest BCUT2D eigenvalue weighted by molar-refractivity contribution is 5.85. The van der Waals surface area contributed by atoms with Crippen molar-refractivity contribution in [1.82, 2.24) is 0 Å². The van der Waals surface area contributed by atoms with Crippen LogP contribution in [0.4, 0.5) is 0 Å². The first-order valence-electron chi connectivity index (χ1n) is 4.98. The van der Waals surface area contributed by atoms with Crippen LogP contribution in [0.5, 0.6) is 0 Å². The van der Waals surface area contributed by atoms with E-state index >= 15 is 0 Å². The van der Waals surface area contributed by atoms with Crippen LogP contribution >= 0.6 is 12.4 Å². The molecule has 0 radical (unpaired) electrons. The molecule has 2 N–H and O–H groups in total. The second-order valence-corrected chi connectivity index (χ2v) is 4.05. The lowest BCUT2D eigenvalue weighted by atomic mass is 9.77. The number of methoxy groups -OCH3 is 2. The minimum atomic E-state index is -0.751. The molecule has 0 atom stereocenters. The van der Waals surface area contributed by atoms with Crippen molar-refractivity contribution in [1.29, 1.82) is 0 Å². The molecule has 1 rings (SSSR count). The highest BCUT2D eigenvalue weighted by Gasteiger charge is 2.38. The predicted octanol–water partition coefficient (Wildman–Crippen LogP) is 1.12. The molecule has 1 saturated carbocycles. The van der Waals surface area contributed by atoms with Crippen molar-refractivity contribution in [3.8, 4) is 0 Å². The quantitative estimate of drug-likeness (QED) is 0.748. The first-order valence-corrected chi connectivity index (χ1v) is 4.98. The zero-order chi connectivity index (χ0) is 10.6. The molecule has 0 saturated heterocycles. The van der Waals surface area contributed by atoms with Crippen molar-refractivity contribution < 1.29 is 14.3 Å². The van der Waals surface area contributed by atoms with E-state index in [-0.39, 0.29) is 18.4 Å². The van der Waals surface area contributed by atoms with E-state index in [9.17, 15) is 4.79 Å². The van der Waals surface area contributed by atoms with Gasteiger partial charge in [0, 0.05) is 13.7 Å². The summed E-state index contributed by atoms with van der Waals surface area (Å²) in [4.78, 5) is 11.4. The summed E-state index contributed by atoms with van der Waals surface area (Å²) in [7, 11) is 3.09. The van der Waals surface area contributed by atoms with Gasteiger partial charge in [-0.25, -0.2) is 0 Å². The number of rotatable bonds is 3. The van der Waals surface area contributed by atoms with E-state index in [1.807, 2.05) is 0 Å². The molecule has 90 valence electrons. The molecule has 0 heterocycles. The normalized spacial score (nSPS) is 30.5. The van der Waals surface area contributed by atoms with Crippen molar-refractivity contribution >= 4 is 18.4 Å². The van der Waals surface area contributed by atoms with Gasteiger partial charge in [-0.1, -0.05) is 0 Å². The summed E-state index contributed by atoms with van der Waals surface area (Å²) in [5.74, 6) is 0.259. The Morgan fingerprint density at radius 3 is 2.33 bits per heavy atom. The number of nitrogens with two attached hydrogens (primary N) is 1. The lowest BCUT2D eigenvalue weighted by Crippen LogP contribution is -2.51. The molecule has 0 spiro atoms. The summed E-state index contributed by atoms with van der Waals surface area (Å²) >= 11 is 0. The van der Waals surface area contributed by atoms with Gasteiger partial charge in [-0.3, -0.25) is 4.79 Å². The Labute approximate surface area is 96.9 Å². The zero-order valence-electron chi connectivity index (χ0n) is 9.32. The third-order valence-corrected chi connectivity index (χ3v) is 2.99. The molecule has 1 aliphatic carbocycles. The molecular weight excluding hydrogens is 218 g/mol. The summed E-state index contributed by atoms with van der Waals surface area (Å²) in [5.41, 5.74) is 5.21. The summed E-state index contributed by atoms with van der Waals surface area (Å²) in [6, 6.07) is 0. The standard InChI is InChI=1S/C10H19NO3.ClH/c1-13-7-8-3-5-10(11,6-4-8)9(12)14-2;/h8H,3-7,11H2,1-2H3;1H. The molecule has 0 unspecified atom stereocenters. The van der Waals surface area contributed by atoms with E-state index in [4.69, 9.17) is 15.2 Å². The van der Waals surface area contributed by atoms with Crippen LogP contribution in [0, 0.1) is 5.92 Å². The number of esters is 1. The Morgan fingerprint density at radius 2 is 1.93 bits per heavy atom. The average molecular weight is 238 g/mol. The first kappa shape index (κ1) is 14.7. The van der Waals surface area contributed by atoms with Crippen molar-refractivity contribution in [2.24, 2.45) is 11.7 Å². The van der Waals surface area contributed by atoms with Gasteiger partial charge in [0.05, 0.1) is 7.11 Å². The number of hydrogen-bond acceptors (Lipinski definition) is 4. The van der Waals surface area contributed by atoms with Gasteiger partial charge in [0.2, 0.25) is 0 Å². The molecule has 0 aromatic rings. The van der Waals surface area contributed by atoms with Crippen LogP contribution in [0.2, 0.25) is 0 Å². The second-order valence-electron chi connectivity index (χ2n) is 4.05. The topological polar surface area (TPSA) is 61.5 Å². The molecule has 0 aliphatic heterocycles. The van der Waals surface area contributed by atoms with E-state index in [1.54, 1.807) is 7.11 Å². The van der Waals surface area contributed by atoms with Gasteiger partial charge in [-0.15, -0.1) is 12.4 Å². The van der Waals surface area contributed by atoms with Crippen molar-refractivity contribution in [2.75, 3.05) is 20.8 Å². The number of carbonyl (C=O) groups is 1. The smallest absolute Gasteiger partial charge is 0.325 e. The minimum absolute atomic E-state index is 0. The van der Waals surface area contributed by atoms with Crippen LogP contribution < -0.4 is 5.73 Å². The molecule has 0 aromatic heterocycles. The van der Waals surface area contributed by atoms with Crippen LogP contribution in [0.1, 0.15) is 25.7 Å². The second kappa shape index (κ2) is 6.30. The fraction of sp³-hybridized carbons (Fsp3) is 0.900. The maximum absolute atomic E-state index is 11.4. The fourth-order valence-corrected chi connectivity index (χ4v) is 2.00. The van der Waals surface area contributed by atoms with Crippen LogP contribution in [0.3, 0.4) is 0 Å². The molecule has 15 heavy (non-hydrogen) atoms. The van der Waals surface area contributed by atoms with Gasteiger partial charge in [0.1, 0.15) is 5.54 Å². The van der Waals surface area contributed by atoms with Crippen LogP contribution in [0.25, 0.3) is 0 Å². The Bertz CT molecular complexity index is 203. The third-order valence-electron chi connectivity index (χ3n) is 2.99. The Morgan fingerprint density at radius 1 is 1.40 bits per heavy atom. The monoisotopic (exact) mass is 237 g/mol. The highest BCUT2D eigenvalue weighted by atomic mass is 35.5.